The quantitative estimate of drug-likeness (QED) is 0.415. The lowest BCUT2D eigenvalue weighted by molar-refractivity contribution is 0.0123. The van der Waals surface area contributed by atoms with Crippen LogP contribution in [-0.2, 0) is 9.47 Å². The Morgan fingerprint density at radius 3 is 2.78 bits per heavy atom. The zero-order valence-electron chi connectivity index (χ0n) is 20.5. The summed E-state index contributed by atoms with van der Waals surface area (Å²) in [6, 6.07) is 4.36. The van der Waals surface area contributed by atoms with E-state index in [4.69, 9.17) is 14.2 Å². The standard InChI is InChI=1S/C25H30FN5O4S/c1-14-21-23(28-12-29-25(21)36-22(14)24(32)27-7-4-8-31(2)3)30-17-6-5-15(26)9-18(17)35-16-10-19-20(11-16)34-13-33-19/h5-6,9,12,16,19-20H,4,7-8,10-11,13H2,1-3H3,(H,27,32)(H,28,29,30)/t16?,19-,20?/m1/s1. The second-order valence-corrected chi connectivity index (χ2v) is 10.4. The van der Waals surface area contributed by atoms with Gasteiger partial charge in [0.15, 0.2) is 0 Å². The molecule has 2 aliphatic rings. The molecule has 9 nitrogen and oxygen atoms in total. The second-order valence-electron chi connectivity index (χ2n) is 9.38. The maximum atomic E-state index is 14.1. The average molecular weight is 516 g/mol. The summed E-state index contributed by atoms with van der Waals surface area (Å²) in [4.78, 5) is 25.0. The highest BCUT2D eigenvalue weighted by Gasteiger charge is 2.41. The van der Waals surface area contributed by atoms with Crippen LogP contribution in [0.25, 0.3) is 10.2 Å². The van der Waals surface area contributed by atoms with E-state index in [0.717, 1.165) is 23.9 Å². The maximum absolute atomic E-state index is 14.1. The molecule has 2 fully saturated rings. The van der Waals surface area contributed by atoms with Gasteiger partial charge in [-0.15, -0.1) is 11.3 Å². The molecule has 0 spiro atoms. The molecule has 1 saturated carbocycles. The summed E-state index contributed by atoms with van der Waals surface area (Å²) in [5.41, 5.74) is 1.38. The van der Waals surface area contributed by atoms with E-state index in [0.29, 0.717) is 53.1 Å². The van der Waals surface area contributed by atoms with E-state index in [1.165, 1.54) is 29.8 Å². The van der Waals surface area contributed by atoms with Crippen LogP contribution in [0.15, 0.2) is 24.5 Å². The number of ether oxygens (including phenoxy) is 3. The SMILES string of the molecule is Cc1c(C(=O)NCCCN(C)C)sc2ncnc(Nc3ccc(F)cc3OC3CC4OCO[C@@H]4C3)c12. The van der Waals surface area contributed by atoms with Gasteiger partial charge in [-0.2, -0.15) is 0 Å². The number of halogens is 1. The summed E-state index contributed by atoms with van der Waals surface area (Å²) in [5.74, 6) is 0.404. The molecule has 2 aromatic heterocycles. The third-order valence-corrected chi connectivity index (χ3v) is 7.66. The van der Waals surface area contributed by atoms with Gasteiger partial charge in [-0.05, 0) is 51.7 Å². The Hall–Kier alpha value is -2.86. The van der Waals surface area contributed by atoms with E-state index in [2.05, 4.69) is 25.5 Å². The van der Waals surface area contributed by atoms with Crippen molar-refractivity contribution in [2.45, 2.75) is 44.5 Å². The number of hydrogen-bond acceptors (Lipinski definition) is 9. The Labute approximate surface area is 213 Å². The number of benzene rings is 1. The van der Waals surface area contributed by atoms with Crippen LogP contribution in [0, 0.1) is 12.7 Å². The number of nitrogens with one attached hydrogen (secondary N) is 2. The zero-order valence-corrected chi connectivity index (χ0v) is 21.4. The molecule has 36 heavy (non-hydrogen) atoms. The van der Waals surface area contributed by atoms with Gasteiger partial charge in [-0.25, -0.2) is 14.4 Å². The summed E-state index contributed by atoms with van der Waals surface area (Å²) in [5, 5.41) is 7.04. The van der Waals surface area contributed by atoms with Gasteiger partial charge in [0.2, 0.25) is 0 Å². The Kier molecular flexibility index (Phi) is 7.33. The van der Waals surface area contributed by atoms with E-state index in [1.807, 2.05) is 21.0 Å². The van der Waals surface area contributed by atoms with Gasteiger partial charge in [-0.3, -0.25) is 4.79 Å². The number of amides is 1. The fraction of sp³-hybridized carbons (Fsp3) is 0.480. The first-order valence-corrected chi connectivity index (χ1v) is 12.8. The van der Waals surface area contributed by atoms with Gasteiger partial charge in [0.25, 0.3) is 5.91 Å². The lowest BCUT2D eigenvalue weighted by Gasteiger charge is -2.18. The van der Waals surface area contributed by atoms with Gasteiger partial charge in [0.1, 0.15) is 41.4 Å². The van der Waals surface area contributed by atoms with Crippen molar-refractivity contribution >= 4 is 39.0 Å². The number of carbonyl (C=O) groups is 1. The smallest absolute Gasteiger partial charge is 0.261 e. The first-order chi connectivity index (χ1) is 17.4. The van der Waals surface area contributed by atoms with Crippen LogP contribution < -0.4 is 15.4 Å². The number of anilines is 2. The molecular formula is C25H30FN5O4S. The molecule has 192 valence electrons. The highest BCUT2D eigenvalue weighted by atomic mass is 32.1. The van der Waals surface area contributed by atoms with Crippen molar-refractivity contribution in [3.05, 3.63) is 40.8 Å². The molecule has 3 heterocycles. The van der Waals surface area contributed by atoms with Gasteiger partial charge in [-0.1, -0.05) is 0 Å². The number of rotatable bonds is 9. The fourth-order valence-corrected chi connectivity index (χ4v) is 5.71. The molecule has 5 rings (SSSR count). The van der Waals surface area contributed by atoms with Crippen molar-refractivity contribution in [2.75, 3.05) is 39.3 Å². The molecule has 1 amide bonds. The number of hydrogen-bond donors (Lipinski definition) is 2. The molecule has 1 aliphatic carbocycles. The van der Waals surface area contributed by atoms with Crippen molar-refractivity contribution < 1.29 is 23.4 Å². The number of nitrogens with zero attached hydrogens (tertiary/aromatic N) is 3. The third kappa shape index (κ3) is 5.29. The van der Waals surface area contributed by atoms with Crippen molar-refractivity contribution in [2.24, 2.45) is 0 Å². The second kappa shape index (κ2) is 10.6. The Morgan fingerprint density at radius 1 is 1.25 bits per heavy atom. The van der Waals surface area contributed by atoms with Crippen molar-refractivity contribution in [1.82, 2.24) is 20.2 Å². The van der Waals surface area contributed by atoms with E-state index in [9.17, 15) is 9.18 Å². The lowest BCUT2D eigenvalue weighted by Crippen LogP contribution is -2.26. The normalized spacial score (nSPS) is 21.2. The van der Waals surface area contributed by atoms with E-state index >= 15 is 0 Å². The summed E-state index contributed by atoms with van der Waals surface area (Å²) in [6.45, 7) is 3.70. The Morgan fingerprint density at radius 2 is 2.03 bits per heavy atom. The first-order valence-electron chi connectivity index (χ1n) is 12.0. The van der Waals surface area contributed by atoms with Gasteiger partial charge < -0.3 is 29.7 Å². The minimum atomic E-state index is -0.394. The van der Waals surface area contributed by atoms with Crippen LogP contribution in [-0.4, -0.2) is 73.1 Å². The van der Waals surface area contributed by atoms with Gasteiger partial charge in [0, 0.05) is 25.5 Å². The molecule has 1 aliphatic heterocycles. The van der Waals surface area contributed by atoms with Crippen molar-refractivity contribution in [1.29, 1.82) is 0 Å². The van der Waals surface area contributed by atoms with Gasteiger partial charge >= 0.3 is 0 Å². The van der Waals surface area contributed by atoms with Crippen molar-refractivity contribution in [3.63, 3.8) is 0 Å². The van der Waals surface area contributed by atoms with Crippen LogP contribution in [0.4, 0.5) is 15.9 Å². The van der Waals surface area contributed by atoms with Crippen LogP contribution in [0.3, 0.4) is 0 Å². The monoisotopic (exact) mass is 515 g/mol. The molecule has 1 aromatic carbocycles. The largest absolute Gasteiger partial charge is 0.488 e. The molecule has 2 unspecified atom stereocenters. The van der Waals surface area contributed by atoms with Crippen LogP contribution in [0.1, 0.15) is 34.5 Å². The first kappa shape index (κ1) is 24.8. The number of aryl methyl sites for hydroxylation is 1. The van der Waals surface area contributed by atoms with Gasteiger partial charge in [0.05, 0.1) is 28.2 Å². The predicted molar refractivity (Wildman–Crippen MR) is 136 cm³/mol. The van der Waals surface area contributed by atoms with Crippen LogP contribution >= 0.6 is 11.3 Å². The summed E-state index contributed by atoms with van der Waals surface area (Å²) < 4.78 is 31.5. The number of fused-ring (bicyclic) bond motifs is 2. The van der Waals surface area contributed by atoms with Crippen LogP contribution in [0.2, 0.25) is 0 Å². The average Bonchev–Trinajstić information content (AvgIpc) is 3.52. The maximum Gasteiger partial charge on any atom is 0.261 e. The zero-order chi connectivity index (χ0) is 25.2. The molecular weight excluding hydrogens is 485 g/mol. The molecule has 3 atom stereocenters. The molecule has 3 aromatic rings. The minimum absolute atomic E-state index is 0.0161. The summed E-state index contributed by atoms with van der Waals surface area (Å²) in [7, 11) is 4.01. The third-order valence-electron chi connectivity index (χ3n) is 6.46. The molecule has 0 bridgehead atoms. The Balaban J connectivity index is 1.36. The van der Waals surface area contributed by atoms with E-state index in [1.54, 1.807) is 6.07 Å². The predicted octanol–water partition coefficient (Wildman–Crippen LogP) is 3.85. The highest BCUT2D eigenvalue weighted by molar-refractivity contribution is 7.20. The molecule has 1 saturated heterocycles. The van der Waals surface area contributed by atoms with Crippen LogP contribution in [0.5, 0.6) is 5.75 Å². The molecule has 0 radical (unpaired) electrons. The van der Waals surface area contributed by atoms with E-state index < -0.39 is 5.82 Å². The minimum Gasteiger partial charge on any atom is -0.488 e. The summed E-state index contributed by atoms with van der Waals surface area (Å²) >= 11 is 1.33. The lowest BCUT2D eigenvalue weighted by atomic mass is 10.2. The topological polar surface area (TPSA) is 97.8 Å². The number of thiophene rings is 1. The summed E-state index contributed by atoms with van der Waals surface area (Å²) in [6.07, 6.45) is 3.59. The molecule has 2 N–H and O–H groups in total. The number of aromatic nitrogens is 2. The molecule has 11 heteroatoms. The number of carbonyl (C=O) groups excluding carboxylic acids is 1. The van der Waals surface area contributed by atoms with E-state index in [-0.39, 0.29) is 24.2 Å². The fourth-order valence-electron chi connectivity index (χ4n) is 4.64. The Bertz CT molecular complexity index is 1240. The highest BCUT2D eigenvalue weighted by Crippen LogP contribution is 2.38. The van der Waals surface area contributed by atoms with Crippen molar-refractivity contribution in [3.8, 4) is 5.75 Å².